The number of carbonyl (C=O) groups is 2. The van der Waals surface area contributed by atoms with Crippen LogP contribution in [0.2, 0.25) is 0 Å². The molecule has 25 heavy (non-hydrogen) atoms. The minimum atomic E-state index is -0.399. The fraction of sp³-hybridized carbons (Fsp3) is 0.118. The molecule has 0 bridgehead atoms. The Balaban J connectivity index is 1.55. The second-order valence-electron chi connectivity index (χ2n) is 5.14. The molecule has 0 atom stereocenters. The molecule has 0 radical (unpaired) electrons. The third-order valence-corrected chi connectivity index (χ3v) is 3.38. The molecule has 2 amide bonds. The first kappa shape index (κ1) is 16.3. The molecule has 8 heteroatoms. The van der Waals surface area contributed by atoms with Gasteiger partial charge in [0.25, 0.3) is 5.91 Å². The fourth-order valence-corrected chi connectivity index (χ4v) is 2.18. The Morgan fingerprint density at radius 3 is 2.84 bits per heavy atom. The van der Waals surface area contributed by atoms with E-state index >= 15 is 0 Å². The van der Waals surface area contributed by atoms with E-state index in [1.165, 1.54) is 30.9 Å². The Bertz CT molecular complexity index is 969. The van der Waals surface area contributed by atoms with Gasteiger partial charge in [0.1, 0.15) is 11.3 Å². The Hall–Kier alpha value is -3.55. The molecule has 3 rings (SSSR count). The summed E-state index contributed by atoms with van der Waals surface area (Å²) >= 11 is 0. The topological polar surface area (TPSA) is 114 Å². The molecule has 2 N–H and O–H groups in total. The Labute approximate surface area is 141 Å². The lowest BCUT2D eigenvalue weighted by atomic mass is 10.2. The summed E-state index contributed by atoms with van der Waals surface area (Å²) in [6.45, 7) is 0.150. The first-order chi connectivity index (χ1) is 12.1. The van der Waals surface area contributed by atoms with E-state index in [-0.39, 0.29) is 30.0 Å². The highest BCUT2D eigenvalue weighted by Crippen LogP contribution is 2.16. The zero-order chi connectivity index (χ0) is 17.6. The number of aromatic nitrogens is 2. The molecule has 0 saturated carbocycles. The highest BCUT2D eigenvalue weighted by molar-refractivity contribution is 5.94. The SMILES string of the molecule is O=C(CCNC(=O)c1cnccn1)Nc1ccc2occc(=O)c2c1. The largest absolute Gasteiger partial charge is 0.464 e. The molecular weight excluding hydrogens is 324 g/mol. The van der Waals surface area contributed by atoms with Gasteiger partial charge >= 0.3 is 0 Å². The number of benzene rings is 1. The molecule has 126 valence electrons. The smallest absolute Gasteiger partial charge is 0.271 e. The molecule has 0 aliphatic carbocycles. The van der Waals surface area contributed by atoms with E-state index in [1.807, 2.05) is 0 Å². The van der Waals surface area contributed by atoms with Gasteiger partial charge in [0, 0.05) is 37.1 Å². The van der Waals surface area contributed by atoms with E-state index < -0.39 is 5.91 Å². The number of hydrogen-bond acceptors (Lipinski definition) is 6. The van der Waals surface area contributed by atoms with Crippen molar-refractivity contribution in [3.63, 3.8) is 0 Å². The summed E-state index contributed by atoms with van der Waals surface area (Å²) in [6.07, 6.45) is 5.62. The van der Waals surface area contributed by atoms with Crippen molar-refractivity contribution < 1.29 is 14.0 Å². The van der Waals surface area contributed by atoms with Gasteiger partial charge in [-0.15, -0.1) is 0 Å². The van der Waals surface area contributed by atoms with Crippen molar-refractivity contribution in [2.24, 2.45) is 0 Å². The van der Waals surface area contributed by atoms with Crippen LogP contribution in [0.25, 0.3) is 11.0 Å². The Morgan fingerprint density at radius 2 is 2.04 bits per heavy atom. The van der Waals surface area contributed by atoms with Crippen molar-refractivity contribution in [2.45, 2.75) is 6.42 Å². The maximum Gasteiger partial charge on any atom is 0.271 e. The summed E-state index contributed by atoms with van der Waals surface area (Å²) < 4.78 is 5.21. The van der Waals surface area contributed by atoms with Gasteiger partial charge in [-0.3, -0.25) is 19.4 Å². The second-order valence-corrected chi connectivity index (χ2v) is 5.14. The highest BCUT2D eigenvalue weighted by atomic mass is 16.3. The normalized spacial score (nSPS) is 10.4. The van der Waals surface area contributed by atoms with E-state index in [0.717, 1.165) is 0 Å². The van der Waals surface area contributed by atoms with E-state index in [2.05, 4.69) is 20.6 Å². The summed E-state index contributed by atoms with van der Waals surface area (Å²) in [4.78, 5) is 43.2. The van der Waals surface area contributed by atoms with Crippen LogP contribution in [-0.4, -0.2) is 28.3 Å². The number of rotatable bonds is 5. The van der Waals surface area contributed by atoms with Crippen LogP contribution in [0.1, 0.15) is 16.9 Å². The second kappa shape index (κ2) is 7.35. The van der Waals surface area contributed by atoms with Gasteiger partial charge in [-0.25, -0.2) is 4.98 Å². The van der Waals surface area contributed by atoms with Crippen LogP contribution in [0.3, 0.4) is 0 Å². The van der Waals surface area contributed by atoms with E-state index in [0.29, 0.717) is 16.7 Å². The zero-order valence-corrected chi connectivity index (χ0v) is 13.1. The summed E-state index contributed by atoms with van der Waals surface area (Å²) in [6, 6.07) is 6.12. The minimum absolute atomic E-state index is 0.0768. The predicted molar refractivity (Wildman–Crippen MR) is 90.1 cm³/mol. The third-order valence-electron chi connectivity index (χ3n) is 3.38. The average Bonchev–Trinajstić information content (AvgIpc) is 2.63. The van der Waals surface area contributed by atoms with Crippen LogP contribution in [0.15, 0.2) is 58.3 Å². The van der Waals surface area contributed by atoms with Crippen LogP contribution >= 0.6 is 0 Å². The van der Waals surface area contributed by atoms with Gasteiger partial charge in [-0.05, 0) is 18.2 Å². The molecule has 2 heterocycles. The van der Waals surface area contributed by atoms with Gasteiger partial charge in [-0.1, -0.05) is 0 Å². The first-order valence-corrected chi connectivity index (χ1v) is 7.49. The molecule has 0 spiro atoms. The molecule has 3 aromatic rings. The molecule has 0 unspecified atom stereocenters. The van der Waals surface area contributed by atoms with Gasteiger partial charge in [0.2, 0.25) is 5.91 Å². The lowest BCUT2D eigenvalue weighted by Gasteiger charge is -2.07. The maximum absolute atomic E-state index is 12.0. The van der Waals surface area contributed by atoms with Gasteiger partial charge < -0.3 is 15.1 Å². The minimum Gasteiger partial charge on any atom is -0.464 e. The van der Waals surface area contributed by atoms with Crippen LogP contribution in [-0.2, 0) is 4.79 Å². The molecule has 0 saturated heterocycles. The maximum atomic E-state index is 12.0. The summed E-state index contributed by atoms with van der Waals surface area (Å²) in [5, 5.41) is 5.65. The number of nitrogens with zero attached hydrogens (tertiary/aromatic N) is 2. The quantitative estimate of drug-likeness (QED) is 0.725. The molecule has 0 fully saturated rings. The number of anilines is 1. The fourth-order valence-electron chi connectivity index (χ4n) is 2.18. The number of nitrogens with one attached hydrogen (secondary N) is 2. The third kappa shape index (κ3) is 4.05. The number of amides is 2. The first-order valence-electron chi connectivity index (χ1n) is 7.49. The zero-order valence-electron chi connectivity index (χ0n) is 13.1. The molecular formula is C17H14N4O4. The van der Waals surface area contributed by atoms with Crippen LogP contribution in [0.5, 0.6) is 0 Å². The Kier molecular flexibility index (Phi) is 4.79. The molecule has 1 aromatic carbocycles. The van der Waals surface area contributed by atoms with E-state index in [1.54, 1.807) is 18.2 Å². The van der Waals surface area contributed by atoms with Crippen molar-refractivity contribution in [3.05, 3.63) is 65.0 Å². The van der Waals surface area contributed by atoms with Crippen LogP contribution in [0.4, 0.5) is 5.69 Å². The monoisotopic (exact) mass is 338 g/mol. The number of hydrogen-bond donors (Lipinski definition) is 2. The van der Waals surface area contributed by atoms with Gasteiger partial charge in [0.05, 0.1) is 17.8 Å². The van der Waals surface area contributed by atoms with Gasteiger partial charge in [0.15, 0.2) is 5.43 Å². The van der Waals surface area contributed by atoms with E-state index in [4.69, 9.17) is 4.42 Å². The van der Waals surface area contributed by atoms with Crippen molar-refractivity contribution >= 4 is 28.5 Å². The molecule has 0 aliphatic rings. The van der Waals surface area contributed by atoms with Crippen molar-refractivity contribution in [1.29, 1.82) is 0 Å². The number of carbonyl (C=O) groups excluding carboxylic acids is 2. The number of fused-ring (bicyclic) bond motifs is 1. The van der Waals surface area contributed by atoms with Crippen LogP contribution in [0, 0.1) is 0 Å². The average molecular weight is 338 g/mol. The Morgan fingerprint density at radius 1 is 1.16 bits per heavy atom. The van der Waals surface area contributed by atoms with Crippen molar-refractivity contribution in [2.75, 3.05) is 11.9 Å². The lowest BCUT2D eigenvalue weighted by Crippen LogP contribution is -2.28. The van der Waals surface area contributed by atoms with Crippen molar-refractivity contribution in [1.82, 2.24) is 15.3 Å². The summed E-state index contributed by atoms with van der Waals surface area (Å²) in [7, 11) is 0. The highest BCUT2D eigenvalue weighted by Gasteiger charge is 2.09. The van der Waals surface area contributed by atoms with Crippen molar-refractivity contribution in [3.8, 4) is 0 Å². The molecule has 8 nitrogen and oxygen atoms in total. The van der Waals surface area contributed by atoms with Gasteiger partial charge in [-0.2, -0.15) is 0 Å². The standard InChI is InChI=1S/C17H14N4O4/c22-14-4-8-25-15-2-1-11(9-12(14)15)21-16(23)3-5-20-17(24)13-10-18-6-7-19-13/h1-2,4,6-10H,3,5H2,(H,20,24)(H,21,23). The lowest BCUT2D eigenvalue weighted by molar-refractivity contribution is -0.116. The summed E-state index contributed by atoms with van der Waals surface area (Å²) in [5.41, 5.74) is 0.927. The predicted octanol–water partition coefficient (Wildman–Crippen LogP) is 1.34. The summed E-state index contributed by atoms with van der Waals surface area (Å²) in [5.74, 6) is -0.691. The van der Waals surface area contributed by atoms with E-state index in [9.17, 15) is 14.4 Å². The molecule has 2 aromatic heterocycles. The molecule has 0 aliphatic heterocycles. The van der Waals surface area contributed by atoms with Crippen LogP contribution < -0.4 is 16.1 Å².